The van der Waals surface area contributed by atoms with Gasteiger partial charge in [0.2, 0.25) is 0 Å². The highest BCUT2D eigenvalue weighted by Crippen LogP contribution is 2.32. The van der Waals surface area contributed by atoms with Crippen LogP contribution < -0.4 is 4.90 Å². The smallest absolute Gasteiger partial charge is 0.186 e. The van der Waals surface area contributed by atoms with Crippen molar-refractivity contribution in [2.45, 2.75) is 18.9 Å². The lowest BCUT2D eigenvalue weighted by Crippen LogP contribution is -2.31. The Kier molecular flexibility index (Phi) is 2.49. The zero-order chi connectivity index (χ0) is 11.0. The fraction of sp³-hybridized carbons (Fsp3) is 0.455. The molecule has 0 amide bonds. The molecule has 0 saturated carbocycles. The van der Waals surface area contributed by atoms with E-state index in [9.17, 15) is 5.11 Å². The first-order chi connectivity index (χ1) is 7.88. The van der Waals surface area contributed by atoms with Gasteiger partial charge >= 0.3 is 0 Å². The molecule has 1 fully saturated rings. The SMILES string of the molecule is OCC1CCCN1c1nc2cnccc2s1. The Morgan fingerprint density at radius 3 is 3.31 bits per heavy atom. The number of fused-ring (bicyclic) bond motifs is 1. The summed E-state index contributed by atoms with van der Waals surface area (Å²) in [6.45, 7) is 1.21. The number of rotatable bonds is 2. The third-order valence-corrected chi connectivity index (χ3v) is 4.09. The van der Waals surface area contributed by atoms with Gasteiger partial charge in [0.05, 0.1) is 23.5 Å². The molecule has 3 rings (SSSR count). The van der Waals surface area contributed by atoms with Gasteiger partial charge in [0.1, 0.15) is 5.52 Å². The van der Waals surface area contributed by atoms with Crippen molar-refractivity contribution in [3.05, 3.63) is 18.5 Å². The van der Waals surface area contributed by atoms with Gasteiger partial charge < -0.3 is 10.0 Å². The standard InChI is InChI=1S/C11H13N3OS/c15-7-8-2-1-5-14(8)11-13-9-6-12-4-3-10(9)16-11/h3-4,6,8,15H,1-2,5,7H2. The van der Waals surface area contributed by atoms with Crippen molar-refractivity contribution in [1.82, 2.24) is 9.97 Å². The van der Waals surface area contributed by atoms with Gasteiger partial charge in [-0.1, -0.05) is 11.3 Å². The minimum atomic E-state index is 0.216. The summed E-state index contributed by atoms with van der Waals surface area (Å²) in [5, 5.41) is 10.3. The van der Waals surface area contributed by atoms with E-state index < -0.39 is 0 Å². The molecule has 2 aromatic heterocycles. The maximum Gasteiger partial charge on any atom is 0.186 e. The van der Waals surface area contributed by atoms with Crippen LogP contribution >= 0.6 is 11.3 Å². The molecule has 5 heteroatoms. The first-order valence-corrected chi connectivity index (χ1v) is 6.28. The number of nitrogens with zero attached hydrogens (tertiary/aromatic N) is 3. The quantitative estimate of drug-likeness (QED) is 0.860. The number of hydrogen-bond acceptors (Lipinski definition) is 5. The predicted molar refractivity (Wildman–Crippen MR) is 64.9 cm³/mol. The third-order valence-electron chi connectivity index (χ3n) is 3.01. The van der Waals surface area contributed by atoms with Gasteiger partial charge in [-0.3, -0.25) is 4.98 Å². The summed E-state index contributed by atoms with van der Waals surface area (Å²) < 4.78 is 1.16. The van der Waals surface area contributed by atoms with E-state index in [2.05, 4.69) is 14.9 Å². The first-order valence-electron chi connectivity index (χ1n) is 5.46. The lowest BCUT2D eigenvalue weighted by molar-refractivity contribution is 0.266. The molecule has 1 atom stereocenters. The number of anilines is 1. The van der Waals surface area contributed by atoms with E-state index in [1.54, 1.807) is 23.7 Å². The predicted octanol–water partition coefficient (Wildman–Crippen LogP) is 1.65. The fourth-order valence-corrected chi connectivity index (χ4v) is 3.20. The minimum absolute atomic E-state index is 0.216. The molecule has 0 radical (unpaired) electrons. The van der Waals surface area contributed by atoms with Crippen LogP contribution in [-0.4, -0.2) is 34.3 Å². The summed E-state index contributed by atoms with van der Waals surface area (Å²) in [5.74, 6) is 0. The van der Waals surface area contributed by atoms with E-state index in [0.717, 1.165) is 34.7 Å². The second-order valence-corrected chi connectivity index (χ2v) is 5.02. The lowest BCUT2D eigenvalue weighted by Gasteiger charge is -2.21. The summed E-state index contributed by atoms with van der Waals surface area (Å²) >= 11 is 1.68. The Bertz CT molecular complexity index is 466. The van der Waals surface area contributed by atoms with Gasteiger partial charge in [-0.05, 0) is 18.9 Å². The molecule has 0 aromatic carbocycles. The van der Waals surface area contributed by atoms with Gasteiger partial charge in [-0.25, -0.2) is 4.98 Å². The summed E-state index contributed by atoms with van der Waals surface area (Å²) in [7, 11) is 0. The number of thiazole rings is 1. The van der Waals surface area contributed by atoms with Crippen LogP contribution in [-0.2, 0) is 0 Å². The Hall–Kier alpha value is -1.20. The molecule has 2 aromatic rings. The Morgan fingerprint density at radius 1 is 1.56 bits per heavy atom. The van der Waals surface area contributed by atoms with Crippen LogP contribution in [0.4, 0.5) is 5.13 Å². The molecule has 84 valence electrons. The average molecular weight is 235 g/mol. The normalized spacial score (nSPS) is 20.8. The van der Waals surface area contributed by atoms with E-state index in [-0.39, 0.29) is 12.6 Å². The number of aromatic nitrogens is 2. The minimum Gasteiger partial charge on any atom is -0.394 e. The van der Waals surface area contributed by atoms with E-state index in [1.165, 1.54) is 0 Å². The number of aliphatic hydroxyl groups excluding tert-OH is 1. The van der Waals surface area contributed by atoms with Crippen LogP contribution in [0, 0.1) is 0 Å². The monoisotopic (exact) mass is 235 g/mol. The van der Waals surface area contributed by atoms with Gasteiger partial charge in [-0.15, -0.1) is 0 Å². The molecule has 1 aliphatic heterocycles. The molecule has 16 heavy (non-hydrogen) atoms. The number of pyridine rings is 1. The molecule has 0 bridgehead atoms. The van der Waals surface area contributed by atoms with Crippen molar-refractivity contribution in [1.29, 1.82) is 0 Å². The van der Waals surface area contributed by atoms with Crippen molar-refractivity contribution >= 4 is 26.7 Å². The number of aliphatic hydroxyl groups is 1. The topological polar surface area (TPSA) is 49.2 Å². The zero-order valence-corrected chi connectivity index (χ0v) is 9.65. The summed E-state index contributed by atoms with van der Waals surface area (Å²) in [6, 6.07) is 2.23. The summed E-state index contributed by atoms with van der Waals surface area (Å²) in [5.41, 5.74) is 0.950. The highest BCUT2D eigenvalue weighted by Gasteiger charge is 2.26. The van der Waals surface area contributed by atoms with Crippen molar-refractivity contribution < 1.29 is 5.11 Å². The van der Waals surface area contributed by atoms with Crippen LogP contribution in [0.15, 0.2) is 18.5 Å². The molecule has 3 heterocycles. The van der Waals surface area contributed by atoms with Crippen molar-refractivity contribution in [2.75, 3.05) is 18.1 Å². The van der Waals surface area contributed by atoms with Crippen molar-refractivity contribution in [2.24, 2.45) is 0 Å². The average Bonchev–Trinajstić information content (AvgIpc) is 2.94. The Labute approximate surface area is 97.6 Å². The second kappa shape index (κ2) is 3.99. The third kappa shape index (κ3) is 1.56. The van der Waals surface area contributed by atoms with Crippen molar-refractivity contribution in [3.8, 4) is 0 Å². The molecule has 1 aliphatic rings. The van der Waals surface area contributed by atoms with Crippen LogP contribution in [0.5, 0.6) is 0 Å². The molecule has 1 saturated heterocycles. The molecule has 0 spiro atoms. The van der Waals surface area contributed by atoms with E-state index in [0.29, 0.717) is 0 Å². The number of hydrogen-bond donors (Lipinski definition) is 1. The first kappa shape index (κ1) is 9.99. The molecule has 4 nitrogen and oxygen atoms in total. The second-order valence-electron chi connectivity index (χ2n) is 4.01. The molecule has 1 unspecified atom stereocenters. The van der Waals surface area contributed by atoms with Gasteiger partial charge in [0.15, 0.2) is 5.13 Å². The molecule has 0 aliphatic carbocycles. The molecular formula is C11H13N3OS. The molecular weight excluding hydrogens is 222 g/mol. The van der Waals surface area contributed by atoms with Crippen LogP contribution in [0.25, 0.3) is 10.2 Å². The van der Waals surface area contributed by atoms with Gasteiger partial charge in [0, 0.05) is 12.7 Å². The Morgan fingerprint density at radius 2 is 2.50 bits per heavy atom. The van der Waals surface area contributed by atoms with E-state index >= 15 is 0 Å². The van der Waals surface area contributed by atoms with E-state index in [1.807, 2.05) is 6.07 Å². The van der Waals surface area contributed by atoms with Crippen LogP contribution in [0.3, 0.4) is 0 Å². The highest BCUT2D eigenvalue weighted by molar-refractivity contribution is 7.22. The van der Waals surface area contributed by atoms with E-state index in [4.69, 9.17) is 0 Å². The maximum atomic E-state index is 9.30. The Balaban J connectivity index is 1.99. The van der Waals surface area contributed by atoms with Gasteiger partial charge in [0.25, 0.3) is 0 Å². The van der Waals surface area contributed by atoms with Crippen molar-refractivity contribution in [3.63, 3.8) is 0 Å². The van der Waals surface area contributed by atoms with Crippen LogP contribution in [0.1, 0.15) is 12.8 Å². The molecule has 1 N–H and O–H groups in total. The largest absolute Gasteiger partial charge is 0.394 e. The maximum absolute atomic E-state index is 9.30. The van der Waals surface area contributed by atoms with Gasteiger partial charge in [-0.2, -0.15) is 0 Å². The summed E-state index contributed by atoms with van der Waals surface area (Å²) in [4.78, 5) is 10.8. The highest BCUT2D eigenvalue weighted by atomic mass is 32.1. The summed E-state index contributed by atoms with van der Waals surface area (Å²) in [6.07, 6.45) is 5.78. The van der Waals surface area contributed by atoms with Crippen LogP contribution in [0.2, 0.25) is 0 Å². The zero-order valence-electron chi connectivity index (χ0n) is 8.83. The lowest BCUT2D eigenvalue weighted by atomic mass is 10.2. The fourth-order valence-electron chi connectivity index (χ4n) is 2.17.